The number of aromatic nitrogens is 3. The van der Waals surface area contributed by atoms with E-state index in [1.54, 1.807) is 4.90 Å². The predicted octanol–water partition coefficient (Wildman–Crippen LogP) is 1.76. The molecule has 0 radical (unpaired) electrons. The van der Waals surface area contributed by atoms with Crippen LogP contribution in [-0.4, -0.2) is 62.5 Å². The maximum absolute atomic E-state index is 12.7. The van der Waals surface area contributed by atoms with Gasteiger partial charge in [-0.15, -0.1) is 10.2 Å². The first kappa shape index (κ1) is 20.5. The molecular weight excluding hydrogens is 393 g/mol. The first-order chi connectivity index (χ1) is 13.2. The molecule has 0 atom stereocenters. The van der Waals surface area contributed by atoms with Gasteiger partial charge >= 0.3 is 6.18 Å². The van der Waals surface area contributed by atoms with E-state index in [0.29, 0.717) is 17.8 Å². The van der Waals surface area contributed by atoms with E-state index in [-0.39, 0.29) is 16.8 Å². The number of aryl methyl sites for hydroxylation is 1. The van der Waals surface area contributed by atoms with E-state index < -0.39 is 12.0 Å². The van der Waals surface area contributed by atoms with Crippen molar-refractivity contribution in [1.29, 1.82) is 0 Å². The molecule has 0 unspecified atom stereocenters. The smallest absolute Gasteiger partial charge is 0.339 e. The number of nitrogens with two attached hydrogens (primary N) is 1. The normalized spacial score (nSPS) is 15.8. The molecule has 0 spiro atoms. The molecule has 0 aliphatic carbocycles. The van der Waals surface area contributed by atoms with E-state index in [4.69, 9.17) is 5.84 Å². The van der Waals surface area contributed by atoms with Gasteiger partial charge in [0.1, 0.15) is 0 Å². The van der Waals surface area contributed by atoms with E-state index in [1.165, 1.54) is 11.1 Å². The Kier molecular flexibility index (Phi) is 6.14. The van der Waals surface area contributed by atoms with Gasteiger partial charge in [0, 0.05) is 32.7 Å². The molecule has 1 amide bonds. The van der Waals surface area contributed by atoms with E-state index in [1.807, 2.05) is 6.07 Å². The monoisotopic (exact) mass is 414 g/mol. The van der Waals surface area contributed by atoms with E-state index >= 15 is 0 Å². The van der Waals surface area contributed by atoms with Gasteiger partial charge in [0.15, 0.2) is 0 Å². The molecule has 1 saturated heterocycles. The second kappa shape index (κ2) is 8.39. The molecule has 3 rings (SSSR count). The van der Waals surface area contributed by atoms with Crippen LogP contribution in [0.25, 0.3) is 0 Å². The molecule has 1 aromatic carbocycles. The summed E-state index contributed by atoms with van der Waals surface area (Å²) in [6.07, 6.45) is -4.68. The van der Waals surface area contributed by atoms with E-state index in [2.05, 4.69) is 40.2 Å². The summed E-state index contributed by atoms with van der Waals surface area (Å²) in [6.45, 7) is 5.53. The Morgan fingerprint density at radius 3 is 2.54 bits per heavy atom. The highest BCUT2D eigenvalue weighted by Gasteiger charge is 2.38. The van der Waals surface area contributed by atoms with Crippen molar-refractivity contribution in [3.63, 3.8) is 0 Å². The van der Waals surface area contributed by atoms with Crippen LogP contribution in [-0.2, 0) is 17.5 Å². The zero-order valence-corrected chi connectivity index (χ0v) is 16.1. The number of alkyl halides is 3. The molecule has 7 nitrogen and oxygen atoms in total. The molecule has 1 aliphatic heterocycles. The summed E-state index contributed by atoms with van der Waals surface area (Å²) in [7, 11) is 0. The fourth-order valence-corrected chi connectivity index (χ4v) is 3.77. The average Bonchev–Trinajstić information content (AvgIpc) is 3.01. The molecule has 1 aliphatic rings. The first-order valence-corrected chi connectivity index (χ1v) is 9.69. The number of thioether (sulfide) groups is 1. The zero-order chi connectivity index (χ0) is 20.3. The molecule has 1 aromatic heterocycles. The van der Waals surface area contributed by atoms with Gasteiger partial charge in [0.25, 0.3) is 5.82 Å². The number of benzene rings is 1. The minimum absolute atomic E-state index is 0.0366. The molecule has 152 valence electrons. The highest BCUT2D eigenvalue weighted by atomic mass is 32.2. The van der Waals surface area contributed by atoms with Crippen LogP contribution >= 0.6 is 11.8 Å². The number of halogens is 3. The summed E-state index contributed by atoms with van der Waals surface area (Å²) in [5.74, 6) is 3.90. The minimum atomic E-state index is -4.68. The second-order valence-electron chi connectivity index (χ2n) is 6.61. The SMILES string of the molecule is Cc1cccc(CN2CCN(C(=O)CSc3nnc(C(F)(F)F)n3N)CC2)c1. The third-order valence-corrected chi connectivity index (χ3v) is 5.38. The topological polar surface area (TPSA) is 80.3 Å². The van der Waals surface area contributed by atoms with Gasteiger partial charge in [0.2, 0.25) is 11.1 Å². The van der Waals surface area contributed by atoms with Gasteiger partial charge in [-0.3, -0.25) is 9.69 Å². The van der Waals surface area contributed by atoms with E-state index in [0.717, 1.165) is 31.4 Å². The Hall–Kier alpha value is -2.27. The van der Waals surface area contributed by atoms with Gasteiger partial charge in [-0.05, 0) is 12.5 Å². The predicted molar refractivity (Wildman–Crippen MR) is 98.9 cm³/mol. The van der Waals surface area contributed by atoms with Gasteiger partial charge in [0.05, 0.1) is 5.75 Å². The standard InChI is InChI=1S/C17H21F3N6OS/c1-12-3-2-4-13(9-12)10-24-5-7-25(8-6-24)14(27)11-28-16-23-22-15(26(16)21)17(18,19)20/h2-4,9H,5-8,10-11,21H2,1H3. The lowest BCUT2D eigenvalue weighted by atomic mass is 10.1. The molecule has 0 bridgehead atoms. The number of rotatable bonds is 5. The summed E-state index contributed by atoms with van der Waals surface area (Å²) >= 11 is 0.850. The molecule has 1 fully saturated rings. The van der Waals surface area contributed by atoms with Crippen molar-refractivity contribution in [2.45, 2.75) is 24.8 Å². The van der Waals surface area contributed by atoms with Crippen molar-refractivity contribution in [3.8, 4) is 0 Å². The fourth-order valence-electron chi connectivity index (χ4n) is 3.01. The van der Waals surface area contributed by atoms with Crippen LogP contribution < -0.4 is 5.84 Å². The van der Waals surface area contributed by atoms with Crippen LogP contribution in [0.2, 0.25) is 0 Å². The third-order valence-electron chi connectivity index (χ3n) is 4.46. The number of nitrogens with zero attached hydrogens (tertiary/aromatic N) is 5. The lowest BCUT2D eigenvalue weighted by Gasteiger charge is -2.34. The number of carbonyl (C=O) groups excluding carboxylic acids is 1. The minimum Gasteiger partial charge on any atom is -0.339 e. The second-order valence-corrected chi connectivity index (χ2v) is 7.55. The molecule has 0 saturated carbocycles. The Labute approximate surface area is 164 Å². The number of carbonyl (C=O) groups is 1. The highest BCUT2D eigenvalue weighted by Crippen LogP contribution is 2.28. The molecule has 11 heteroatoms. The maximum atomic E-state index is 12.7. The van der Waals surface area contributed by atoms with Crippen LogP contribution in [0.5, 0.6) is 0 Å². The van der Waals surface area contributed by atoms with Crippen LogP contribution in [0.4, 0.5) is 13.2 Å². The summed E-state index contributed by atoms with van der Waals surface area (Å²) in [5, 5.41) is 6.32. The summed E-state index contributed by atoms with van der Waals surface area (Å²) < 4.78 is 38.4. The summed E-state index contributed by atoms with van der Waals surface area (Å²) in [6, 6.07) is 8.31. The largest absolute Gasteiger partial charge is 0.453 e. The van der Waals surface area contributed by atoms with Crippen LogP contribution in [0.3, 0.4) is 0 Å². The number of hydrogen-bond donors (Lipinski definition) is 1. The van der Waals surface area contributed by atoms with Crippen molar-refractivity contribution in [3.05, 3.63) is 41.2 Å². The van der Waals surface area contributed by atoms with Crippen LogP contribution in [0.1, 0.15) is 17.0 Å². The average molecular weight is 414 g/mol. The number of hydrogen-bond acceptors (Lipinski definition) is 6. The van der Waals surface area contributed by atoms with Gasteiger partial charge in [-0.2, -0.15) is 13.2 Å². The van der Waals surface area contributed by atoms with Crippen LogP contribution in [0.15, 0.2) is 29.4 Å². The third kappa shape index (κ3) is 4.96. The number of nitrogen functional groups attached to an aromatic ring is 1. The Bertz CT molecular complexity index is 833. The van der Waals surface area contributed by atoms with Gasteiger partial charge < -0.3 is 10.7 Å². The first-order valence-electron chi connectivity index (χ1n) is 8.70. The number of amides is 1. The van der Waals surface area contributed by atoms with Gasteiger partial charge in [-0.1, -0.05) is 41.6 Å². The molecular formula is C17H21F3N6OS. The Morgan fingerprint density at radius 1 is 1.21 bits per heavy atom. The quantitative estimate of drug-likeness (QED) is 0.593. The van der Waals surface area contributed by atoms with Crippen molar-refractivity contribution < 1.29 is 18.0 Å². The number of piperazine rings is 1. The van der Waals surface area contributed by atoms with E-state index in [9.17, 15) is 18.0 Å². The van der Waals surface area contributed by atoms with Gasteiger partial charge in [-0.25, -0.2) is 4.68 Å². The van der Waals surface area contributed by atoms with Crippen molar-refractivity contribution in [2.24, 2.45) is 0 Å². The van der Waals surface area contributed by atoms with Crippen LogP contribution in [0, 0.1) is 6.92 Å². The zero-order valence-electron chi connectivity index (χ0n) is 15.3. The highest BCUT2D eigenvalue weighted by molar-refractivity contribution is 7.99. The molecule has 2 aromatic rings. The summed E-state index contributed by atoms with van der Waals surface area (Å²) in [5.41, 5.74) is 2.45. The van der Waals surface area contributed by atoms with Crippen molar-refractivity contribution >= 4 is 17.7 Å². The van der Waals surface area contributed by atoms with Crippen molar-refractivity contribution in [1.82, 2.24) is 24.7 Å². The summed E-state index contributed by atoms with van der Waals surface area (Å²) in [4.78, 5) is 16.3. The lowest BCUT2D eigenvalue weighted by Crippen LogP contribution is -2.48. The Balaban J connectivity index is 1.47. The maximum Gasteiger partial charge on any atom is 0.453 e. The molecule has 28 heavy (non-hydrogen) atoms. The molecule has 2 heterocycles. The lowest BCUT2D eigenvalue weighted by molar-refractivity contribution is -0.146. The Morgan fingerprint density at radius 2 is 1.93 bits per heavy atom. The fraction of sp³-hybridized carbons (Fsp3) is 0.471. The molecule has 2 N–H and O–H groups in total. The van der Waals surface area contributed by atoms with Crippen molar-refractivity contribution in [2.75, 3.05) is 37.8 Å².